The Morgan fingerprint density at radius 3 is 2.75 bits per heavy atom. The first-order chi connectivity index (χ1) is 15.3. The Hall–Kier alpha value is -3.62. The molecule has 1 saturated heterocycles. The van der Waals surface area contributed by atoms with Crippen LogP contribution in [0.15, 0.2) is 59.1 Å². The molecule has 0 bridgehead atoms. The minimum Gasteiger partial charge on any atom is -0.488 e. The first-order valence-electron chi connectivity index (χ1n) is 9.83. The maximum absolute atomic E-state index is 13.3. The zero-order valence-electron chi connectivity index (χ0n) is 17.0. The summed E-state index contributed by atoms with van der Waals surface area (Å²) in [5.41, 5.74) is 0.764. The van der Waals surface area contributed by atoms with E-state index in [1.54, 1.807) is 12.1 Å². The number of esters is 1. The Labute approximate surface area is 181 Å². The lowest BCUT2D eigenvalue weighted by molar-refractivity contribution is -0.138. The van der Waals surface area contributed by atoms with Crippen LogP contribution in [0.2, 0.25) is 0 Å². The van der Waals surface area contributed by atoms with E-state index >= 15 is 0 Å². The molecule has 9 heteroatoms. The van der Waals surface area contributed by atoms with Gasteiger partial charge in [0.05, 0.1) is 19.2 Å². The Balaban J connectivity index is 1.64. The van der Waals surface area contributed by atoms with E-state index in [1.165, 1.54) is 31.4 Å². The van der Waals surface area contributed by atoms with Crippen LogP contribution in [-0.4, -0.2) is 31.4 Å². The SMILES string of the molecule is COC(=O)c1cc(C2CC(=O)NC3=NCC=C32)ccc1OCc1ccccc1C(F)(F)F. The van der Waals surface area contributed by atoms with Gasteiger partial charge >= 0.3 is 12.1 Å². The number of piperidine rings is 1. The number of nitrogens with zero attached hydrogens (tertiary/aromatic N) is 1. The molecular formula is C23H19F3N2O4. The van der Waals surface area contributed by atoms with Crippen LogP contribution in [0.1, 0.15) is 39.4 Å². The second kappa shape index (κ2) is 8.49. The molecule has 6 nitrogen and oxygen atoms in total. The molecule has 1 amide bonds. The molecular weight excluding hydrogens is 425 g/mol. The zero-order valence-corrected chi connectivity index (χ0v) is 17.0. The van der Waals surface area contributed by atoms with Gasteiger partial charge in [0.15, 0.2) is 0 Å². The van der Waals surface area contributed by atoms with Gasteiger partial charge < -0.3 is 14.8 Å². The third-order valence-electron chi connectivity index (χ3n) is 5.37. The predicted molar refractivity (Wildman–Crippen MR) is 109 cm³/mol. The fourth-order valence-electron chi connectivity index (χ4n) is 3.86. The normalized spacial score (nSPS) is 17.8. The van der Waals surface area contributed by atoms with Gasteiger partial charge in [-0.2, -0.15) is 13.2 Å². The fourth-order valence-corrected chi connectivity index (χ4v) is 3.86. The average Bonchev–Trinajstić information content (AvgIpc) is 3.24. The predicted octanol–water partition coefficient (Wildman–Crippen LogP) is 4.01. The average molecular weight is 444 g/mol. The highest BCUT2D eigenvalue weighted by Gasteiger charge is 2.34. The Kier molecular flexibility index (Phi) is 5.73. The van der Waals surface area contributed by atoms with E-state index < -0.39 is 17.7 Å². The quantitative estimate of drug-likeness (QED) is 0.707. The van der Waals surface area contributed by atoms with Crippen molar-refractivity contribution < 1.29 is 32.2 Å². The number of methoxy groups -OCH3 is 1. The highest BCUT2D eigenvalue weighted by molar-refractivity contribution is 6.12. The van der Waals surface area contributed by atoms with Crippen LogP contribution in [0, 0.1) is 0 Å². The van der Waals surface area contributed by atoms with Crippen molar-refractivity contribution in [2.75, 3.05) is 13.7 Å². The lowest BCUT2D eigenvalue weighted by Gasteiger charge is -2.26. The number of amidine groups is 1. The molecule has 2 heterocycles. The van der Waals surface area contributed by atoms with Gasteiger partial charge in [0.1, 0.15) is 23.8 Å². The molecule has 2 aromatic rings. The van der Waals surface area contributed by atoms with Gasteiger partial charge in [0, 0.05) is 23.5 Å². The summed E-state index contributed by atoms with van der Waals surface area (Å²) >= 11 is 0. The fraction of sp³-hybridized carbons (Fsp3) is 0.261. The van der Waals surface area contributed by atoms with Crippen molar-refractivity contribution >= 4 is 17.7 Å². The Bertz CT molecular complexity index is 1140. The van der Waals surface area contributed by atoms with Crippen molar-refractivity contribution in [1.29, 1.82) is 0 Å². The zero-order chi connectivity index (χ0) is 22.9. The summed E-state index contributed by atoms with van der Waals surface area (Å²) in [6, 6.07) is 9.84. The number of nitrogens with one attached hydrogen (secondary N) is 1. The number of ether oxygens (including phenoxy) is 2. The van der Waals surface area contributed by atoms with Gasteiger partial charge in [-0.05, 0) is 23.8 Å². The van der Waals surface area contributed by atoms with Crippen molar-refractivity contribution in [2.24, 2.45) is 4.99 Å². The number of amides is 1. The summed E-state index contributed by atoms with van der Waals surface area (Å²) in [6.07, 6.45) is -2.43. The number of benzene rings is 2. The van der Waals surface area contributed by atoms with E-state index in [9.17, 15) is 22.8 Å². The van der Waals surface area contributed by atoms with Crippen molar-refractivity contribution in [3.8, 4) is 5.75 Å². The topological polar surface area (TPSA) is 77.0 Å². The van der Waals surface area contributed by atoms with Crippen molar-refractivity contribution in [1.82, 2.24) is 5.32 Å². The van der Waals surface area contributed by atoms with E-state index in [2.05, 4.69) is 10.3 Å². The summed E-state index contributed by atoms with van der Waals surface area (Å²) in [5.74, 6) is -0.562. The highest BCUT2D eigenvalue weighted by atomic mass is 19.4. The minimum atomic E-state index is -4.52. The second-order valence-corrected chi connectivity index (χ2v) is 7.34. The van der Waals surface area contributed by atoms with E-state index in [4.69, 9.17) is 9.47 Å². The molecule has 0 radical (unpaired) electrons. The first-order valence-corrected chi connectivity index (χ1v) is 9.83. The summed E-state index contributed by atoms with van der Waals surface area (Å²) in [7, 11) is 1.20. The number of hydrogen-bond donors (Lipinski definition) is 1. The number of alkyl halides is 3. The van der Waals surface area contributed by atoms with Gasteiger partial charge in [-0.1, -0.05) is 30.3 Å². The van der Waals surface area contributed by atoms with Gasteiger partial charge in [-0.3, -0.25) is 9.79 Å². The number of hydrogen-bond acceptors (Lipinski definition) is 5. The molecule has 2 aliphatic rings. The van der Waals surface area contributed by atoms with E-state index in [-0.39, 0.29) is 41.7 Å². The Morgan fingerprint density at radius 2 is 2.00 bits per heavy atom. The molecule has 4 rings (SSSR count). The highest BCUT2D eigenvalue weighted by Crippen LogP contribution is 2.36. The standard InChI is InChI=1S/C23H19F3N2O4/c1-31-22(30)17-10-13(16-11-20(29)28-21-15(16)8-9-27-21)6-7-19(17)32-12-14-4-2-3-5-18(14)23(24,25)26/h2-8,10,16H,9,11-12H2,1H3,(H,27,28,29). The van der Waals surface area contributed by atoms with Crippen molar-refractivity contribution in [3.05, 3.63) is 76.4 Å². The summed E-state index contributed by atoms with van der Waals surface area (Å²) < 4.78 is 50.2. The summed E-state index contributed by atoms with van der Waals surface area (Å²) in [6.45, 7) is 0.0813. The van der Waals surface area contributed by atoms with Gasteiger partial charge in [0.25, 0.3) is 0 Å². The smallest absolute Gasteiger partial charge is 0.416 e. The van der Waals surface area contributed by atoms with Crippen LogP contribution in [0.4, 0.5) is 13.2 Å². The third-order valence-corrected chi connectivity index (χ3v) is 5.37. The van der Waals surface area contributed by atoms with Crippen molar-refractivity contribution in [3.63, 3.8) is 0 Å². The lowest BCUT2D eigenvalue weighted by atomic mass is 9.84. The lowest BCUT2D eigenvalue weighted by Crippen LogP contribution is -2.38. The van der Waals surface area contributed by atoms with Gasteiger partial charge in [-0.25, -0.2) is 4.79 Å². The van der Waals surface area contributed by atoms with Crippen LogP contribution >= 0.6 is 0 Å². The molecule has 166 valence electrons. The molecule has 32 heavy (non-hydrogen) atoms. The van der Waals surface area contributed by atoms with Crippen LogP contribution < -0.4 is 10.1 Å². The monoisotopic (exact) mass is 444 g/mol. The van der Waals surface area contributed by atoms with E-state index in [1.807, 2.05) is 6.08 Å². The Morgan fingerprint density at radius 1 is 1.22 bits per heavy atom. The summed E-state index contributed by atoms with van der Waals surface area (Å²) in [5, 5.41) is 2.73. The largest absolute Gasteiger partial charge is 0.488 e. The molecule has 0 aromatic heterocycles. The number of halogens is 3. The number of rotatable bonds is 5. The van der Waals surface area contributed by atoms with Crippen LogP contribution in [0.5, 0.6) is 5.75 Å². The second-order valence-electron chi connectivity index (χ2n) is 7.34. The number of carbonyl (C=O) groups excluding carboxylic acids is 2. The van der Waals surface area contributed by atoms with Crippen LogP contribution in [0.25, 0.3) is 0 Å². The number of fused-ring (bicyclic) bond motifs is 1. The van der Waals surface area contributed by atoms with E-state index in [0.717, 1.165) is 11.6 Å². The molecule has 2 aromatic carbocycles. The third kappa shape index (κ3) is 4.23. The number of carbonyl (C=O) groups is 2. The van der Waals surface area contributed by atoms with Gasteiger partial charge in [-0.15, -0.1) is 0 Å². The number of aliphatic imine (C=N–C) groups is 1. The maximum atomic E-state index is 13.3. The minimum absolute atomic E-state index is 0.0548. The molecule has 1 atom stereocenters. The first kappa shape index (κ1) is 21.6. The van der Waals surface area contributed by atoms with Gasteiger partial charge in [0.2, 0.25) is 5.91 Å². The molecule has 2 aliphatic heterocycles. The van der Waals surface area contributed by atoms with Crippen LogP contribution in [0.3, 0.4) is 0 Å². The van der Waals surface area contributed by atoms with E-state index in [0.29, 0.717) is 17.9 Å². The summed E-state index contributed by atoms with van der Waals surface area (Å²) in [4.78, 5) is 28.7. The molecule has 0 spiro atoms. The molecule has 1 N–H and O–H groups in total. The molecule has 0 saturated carbocycles. The molecule has 1 unspecified atom stereocenters. The molecule has 0 aliphatic carbocycles. The van der Waals surface area contributed by atoms with Crippen molar-refractivity contribution in [2.45, 2.75) is 25.1 Å². The maximum Gasteiger partial charge on any atom is 0.416 e. The molecule has 1 fully saturated rings. The van der Waals surface area contributed by atoms with Crippen LogP contribution in [-0.2, 0) is 22.3 Å².